The lowest BCUT2D eigenvalue weighted by molar-refractivity contribution is -0.123. The molecule has 15 heteroatoms. The molecule has 0 bridgehead atoms. The first-order valence-corrected chi connectivity index (χ1v) is 13.3. The van der Waals surface area contributed by atoms with Crippen LogP contribution in [0.2, 0.25) is 0 Å². The van der Waals surface area contributed by atoms with Crippen LogP contribution in [-0.4, -0.2) is 150 Å². The number of carbonyl (C=O) groups excluding carboxylic acids is 2. The van der Waals surface area contributed by atoms with E-state index in [4.69, 9.17) is 0 Å². The van der Waals surface area contributed by atoms with E-state index in [0.29, 0.717) is 13.1 Å². The van der Waals surface area contributed by atoms with E-state index in [1.165, 1.54) is 0 Å². The molecule has 0 aromatic heterocycles. The molecule has 2 saturated heterocycles. The molecule has 2 heterocycles. The van der Waals surface area contributed by atoms with Gasteiger partial charge in [0.25, 0.3) is 0 Å². The van der Waals surface area contributed by atoms with Crippen LogP contribution in [-0.2, 0) is 9.59 Å². The van der Waals surface area contributed by atoms with Crippen LogP contribution in [0.25, 0.3) is 0 Å². The fourth-order valence-electron chi connectivity index (χ4n) is 3.91. The molecule has 0 radical (unpaired) electrons. The van der Waals surface area contributed by atoms with Gasteiger partial charge in [-0.25, -0.2) is 0 Å². The van der Waals surface area contributed by atoms with Crippen molar-refractivity contribution in [3.8, 4) is 0 Å². The van der Waals surface area contributed by atoms with Crippen molar-refractivity contribution < 1.29 is 50.4 Å². The molecule has 13 nitrogen and oxygen atoms in total. The van der Waals surface area contributed by atoms with Crippen molar-refractivity contribution in [2.75, 3.05) is 39.4 Å². The predicted molar refractivity (Wildman–Crippen MR) is 129 cm³/mol. The molecule has 0 spiro atoms. The molecular formula is C20H37N3O10S2. The quantitative estimate of drug-likeness (QED) is 0.103. The lowest BCUT2D eigenvalue weighted by Crippen LogP contribution is -2.54. The van der Waals surface area contributed by atoms with Crippen molar-refractivity contribution >= 4 is 35.3 Å². The van der Waals surface area contributed by atoms with Gasteiger partial charge in [0.2, 0.25) is 11.8 Å². The Morgan fingerprint density at radius 2 is 0.886 bits per heavy atom. The smallest absolute Gasteiger partial charge is 0.221 e. The Balaban J connectivity index is 1.57. The SMILES string of the molecule is O=C(C[C@H]1S[C@@H](CO)[C@H](O)[C@H](O)[C@H]1O)NCCNCCNC(=O)C[C@H]1S[C@@H](CO)[C@H](O)[C@H](O)[C@H]1O. The summed E-state index contributed by atoms with van der Waals surface area (Å²) in [5.41, 5.74) is 0. The van der Waals surface area contributed by atoms with Crippen LogP contribution in [0.4, 0.5) is 0 Å². The maximum Gasteiger partial charge on any atom is 0.221 e. The summed E-state index contributed by atoms with van der Waals surface area (Å²) in [6.45, 7) is 0.597. The minimum atomic E-state index is -1.43. The molecule has 0 unspecified atom stereocenters. The van der Waals surface area contributed by atoms with Gasteiger partial charge in [0, 0.05) is 49.5 Å². The molecule has 35 heavy (non-hydrogen) atoms. The maximum absolute atomic E-state index is 12.1. The standard InChI is InChI=1S/C20H37N3O10S2/c24-7-11-17(30)19(32)15(28)9(34-11)5-13(26)22-3-1-21-2-4-23-14(27)6-10-16(29)20(33)18(31)12(8-25)35-10/h9-12,15-21,24-25,28-33H,1-8H2,(H,22,26)(H,23,27)/t9-,10-,11+,12+,15+,16+,17+,18+,19-,20-/m1/s1. The first kappa shape index (κ1) is 30.5. The number of nitrogens with one attached hydrogen (secondary N) is 3. The van der Waals surface area contributed by atoms with E-state index in [-0.39, 0.29) is 51.0 Å². The summed E-state index contributed by atoms with van der Waals surface area (Å²) >= 11 is 2.13. The van der Waals surface area contributed by atoms with Gasteiger partial charge in [0.15, 0.2) is 0 Å². The van der Waals surface area contributed by atoms with Crippen LogP contribution in [0.5, 0.6) is 0 Å². The van der Waals surface area contributed by atoms with Crippen molar-refractivity contribution in [1.82, 2.24) is 16.0 Å². The largest absolute Gasteiger partial charge is 0.395 e. The normalized spacial score (nSPS) is 37.6. The molecule has 2 aliphatic rings. The number of hydrogen-bond acceptors (Lipinski definition) is 13. The summed E-state index contributed by atoms with van der Waals surface area (Å²) in [5.74, 6) is -0.706. The van der Waals surface area contributed by atoms with E-state index in [2.05, 4.69) is 16.0 Å². The number of thioether (sulfide) groups is 2. The average Bonchev–Trinajstić information content (AvgIpc) is 2.84. The Kier molecular flexibility index (Phi) is 13.0. The summed E-state index contributed by atoms with van der Waals surface area (Å²) in [7, 11) is 0. The van der Waals surface area contributed by atoms with E-state index < -0.39 is 57.6 Å². The van der Waals surface area contributed by atoms with E-state index in [1.807, 2.05) is 0 Å². The van der Waals surface area contributed by atoms with Gasteiger partial charge in [0.1, 0.15) is 12.2 Å². The fourth-order valence-corrected chi connectivity index (χ4v) is 6.76. The highest BCUT2D eigenvalue weighted by Gasteiger charge is 2.44. The highest BCUT2D eigenvalue weighted by Crippen LogP contribution is 2.35. The van der Waals surface area contributed by atoms with Gasteiger partial charge in [0.05, 0.1) is 48.1 Å². The van der Waals surface area contributed by atoms with Crippen molar-refractivity contribution in [3.63, 3.8) is 0 Å². The molecular weight excluding hydrogens is 506 g/mol. The average molecular weight is 544 g/mol. The van der Waals surface area contributed by atoms with E-state index in [0.717, 1.165) is 23.5 Å². The zero-order valence-electron chi connectivity index (χ0n) is 19.1. The summed E-state index contributed by atoms with van der Waals surface area (Å²) < 4.78 is 0. The van der Waals surface area contributed by atoms with Gasteiger partial charge >= 0.3 is 0 Å². The minimum absolute atomic E-state index is 0.0872. The molecule has 10 atom stereocenters. The lowest BCUT2D eigenvalue weighted by Gasteiger charge is -2.39. The Bertz CT molecular complexity index is 623. The third kappa shape index (κ3) is 8.67. The molecule has 0 aromatic rings. The van der Waals surface area contributed by atoms with Gasteiger partial charge in [-0.1, -0.05) is 0 Å². The van der Waals surface area contributed by atoms with E-state index in [9.17, 15) is 50.4 Å². The van der Waals surface area contributed by atoms with Crippen molar-refractivity contribution in [2.24, 2.45) is 0 Å². The summed E-state index contributed by atoms with van der Waals surface area (Å²) in [6.07, 6.45) is -8.17. The first-order valence-electron chi connectivity index (χ1n) is 11.5. The van der Waals surface area contributed by atoms with Crippen molar-refractivity contribution in [2.45, 2.75) is 70.5 Å². The van der Waals surface area contributed by atoms with E-state index >= 15 is 0 Å². The maximum atomic E-state index is 12.1. The highest BCUT2D eigenvalue weighted by molar-refractivity contribution is 8.01. The second kappa shape index (κ2) is 14.9. The predicted octanol–water partition coefficient (Wildman–Crippen LogP) is -5.29. The summed E-state index contributed by atoms with van der Waals surface area (Å²) in [5, 5.41) is 83.7. The summed E-state index contributed by atoms with van der Waals surface area (Å²) in [4.78, 5) is 24.2. The van der Waals surface area contributed by atoms with Gasteiger partial charge < -0.3 is 56.8 Å². The van der Waals surface area contributed by atoms with Crippen LogP contribution in [0.15, 0.2) is 0 Å². The van der Waals surface area contributed by atoms with Crippen LogP contribution in [0.3, 0.4) is 0 Å². The zero-order chi connectivity index (χ0) is 26.1. The van der Waals surface area contributed by atoms with Crippen LogP contribution < -0.4 is 16.0 Å². The Hall–Kier alpha value is -0.720. The third-order valence-electron chi connectivity index (χ3n) is 6.00. The van der Waals surface area contributed by atoms with Crippen LogP contribution in [0.1, 0.15) is 12.8 Å². The molecule has 0 aliphatic carbocycles. The molecule has 0 saturated carbocycles. The molecule has 204 valence electrons. The Morgan fingerprint density at radius 1 is 0.543 bits per heavy atom. The number of rotatable bonds is 12. The second-order valence-electron chi connectivity index (χ2n) is 8.59. The van der Waals surface area contributed by atoms with Crippen molar-refractivity contribution in [1.29, 1.82) is 0 Å². The molecule has 2 amide bonds. The molecule has 0 aromatic carbocycles. The number of amides is 2. The topological polar surface area (TPSA) is 232 Å². The van der Waals surface area contributed by atoms with Gasteiger partial charge in [-0.15, -0.1) is 23.5 Å². The third-order valence-corrected chi connectivity index (χ3v) is 9.15. The van der Waals surface area contributed by atoms with Gasteiger partial charge in [-0.2, -0.15) is 0 Å². The first-order chi connectivity index (χ1) is 16.6. The number of aliphatic hydroxyl groups is 8. The highest BCUT2D eigenvalue weighted by atomic mass is 32.2. The van der Waals surface area contributed by atoms with Crippen molar-refractivity contribution in [3.05, 3.63) is 0 Å². The Labute approximate surface area is 211 Å². The second-order valence-corrected chi connectivity index (χ2v) is 11.6. The minimum Gasteiger partial charge on any atom is -0.395 e. The van der Waals surface area contributed by atoms with Crippen LogP contribution >= 0.6 is 23.5 Å². The number of carbonyl (C=O) groups is 2. The lowest BCUT2D eigenvalue weighted by atomic mass is 9.99. The molecule has 11 N–H and O–H groups in total. The summed E-state index contributed by atoms with van der Waals surface area (Å²) in [6, 6.07) is 0. The zero-order valence-corrected chi connectivity index (χ0v) is 20.8. The molecule has 2 aliphatic heterocycles. The van der Waals surface area contributed by atoms with E-state index in [1.54, 1.807) is 0 Å². The van der Waals surface area contributed by atoms with Crippen LogP contribution in [0, 0.1) is 0 Å². The number of aliphatic hydroxyl groups excluding tert-OH is 8. The fraction of sp³-hybridized carbons (Fsp3) is 0.900. The monoisotopic (exact) mass is 543 g/mol. The Morgan fingerprint density at radius 3 is 1.23 bits per heavy atom. The molecule has 2 rings (SSSR count). The van der Waals surface area contributed by atoms with Gasteiger partial charge in [-0.05, 0) is 0 Å². The molecule has 2 fully saturated rings. The number of hydrogen-bond donors (Lipinski definition) is 11. The van der Waals surface area contributed by atoms with Gasteiger partial charge in [-0.3, -0.25) is 9.59 Å².